The van der Waals surface area contributed by atoms with Gasteiger partial charge in [-0.3, -0.25) is 9.69 Å². The van der Waals surface area contributed by atoms with Crippen molar-refractivity contribution in [2.24, 2.45) is 10.9 Å². The Hall–Kier alpha value is -2.73. The predicted octanol–water partition coefficient (Wildman–Crippen LogP) is 2.37. The number of nitrogens with zero attached hydrogens (tertiary/aromatic N) is 3. The van der Waals surface area contributed by atoms with E-state index in [0.717, 1.165) is 4.90 Å². The van der Waals surface area contributed by atoms with Gasteiger partial charge in [0.15, 0.2) is 0 Å². The number of para-hydroxylation sites is 1. The van der Waals surface area contributed by atoms with Crippen molar-refractivity contribution >= 4 is 23.3 Å². The summed E-state index contributed by atoms with van der Waals surface area (Å²) in [7, 11) is 0. The molecule has 130 valence electrons. The van der Waals surface area contributed by atoms with Gasteiger partial charge in [0.1, 0.15) is 0 Å². The summed E-state index contributed by atoms with van der Waals surface area (Å²) >= 11 is 0. The molecule has 0 fully saturated rings. The maximum Gasteiger partial charge on any atom is 0.351 e. The molecule has 3 rings (SSSR count). The Balaban J connectivity index is 2.19. The second-order valence-corrected chi connectivity index (χ2v) is 5.92. The minimum atomic E-state index is -2.05. The number of amides is 3. The summed E-state index contributed by atoms with van der Waals surface area (Å²) in [5, 5.41) is 11.6. The fourth-order valence-electron chi connectivity index (χ4n) is 3.28. The van der Waals surface area contributed by atoms with Crippen molar-refractivity contribution in [3.05, 3.63) is 54.6 Å². The molecule has 6 heteroatoms. The van der Waals surface area contributed by atoms with Crippen LogP contribution in [0.1, 0.15) is 13.8 Å². The Morgan fingerprint density at radius 2 is 1.92 bits per heavy atom. The fraction of sp³-hybridized carbons (Fsp3) is 0.316. The Bertz CT molecular complexity index is 765. The van der Waals surface area contributed by atoms with Crippen molar-refractivity contribution < 1.29 is 14.7 Å². The van der Waals surface area contributed by atoms with E-state index in [1.807, 2.05) is 13.8 Å². The quantitative estimate of drug-likeness (QED) is 0.915. The number of allylic oxidation sites excluding steroid dienone is 3. The van der Waals surface area contributed by atoms with Gasteiger partial charge in [0.2, 0.25) is 5.72 Å². The molecule has 0 saturated heterocycles. The zero-order valence-electron chi connectivity index (χ0n) is 14.3. The van der Waals surface area contributed by atoms with E-state index < -0.39 is 23.6 Å². The molecule has 1 aliphatic carbocycles. The average molecular weight is 339 g/mol. The number of hydrogen-bond donors (Lipinski definition) is 1. The minimum Gasteiger partial charge on any atom is -0.362 e. The third-order valence-corrected chi connectivity index (χ3v) is 4.57. The third kappa shape index (κ3) is 2.68. The zero-order valence-corrected chi connectivity index (χ0v) is 14.3. The lowest BCUT2D eigenvalue weighted by atomic mass is 9.83. The molecule has 0 bridgehead atoms. The van der Waals surface area contributed by atoms with E-state index in [1.54, 1.807) is 54.6 Å². The number of aliphatic imine (C=N–C) groups is 1. The summed E-state index contributed by atoms with van der Waals surface area (Å²) in [6.07, 6.45) is 6.86. The van der Waals surface area contributed by atoms with Gasteiger partial charge in [-0.25, -0.2) is 4.79 Å². The second-order valence-electron chi connectivity index (χ2n) is 5.92. The van der Waals surface area contributed by atoms with Crippen molar-refractivity contribution in [2.75, 3.05) is 18.0 Å². The van der Waals surface area contributed by atoms with E-state index in [0.29, 0.717) is 24.5 Å². The van der Waals surface area contributed by atoms with Crippen LogP contribution in [0, 0.1) is 5.92 Å². The molecule has 1 heterocycles. The standard InChI is InChI=1S/C19H21N3O3/c1-3-21(4-2)17(23)19(25)15-12-8-9-13-16(15)20-18(24)22(19)14-10-6-5-7-11-14/h5-13,15,25H,3-4H2,1-2H3/t15-,19+/m1/s1. The van der Waals surface area contributed by atoms with Crippen LogP contribution < -0.4 is 4.90 Å². The topological polar surface area (TPSA) is 73.2 Å². The lowest BCUT2D eigenvalue weighted by Gasteiger charge is -2.46. The number of likely N-dealkylation sites (N-methyl/N-ethyl adjacent to an activating group) is 1. The molecule has 0 spiro atoms. The second kappa shape index (κ2) is 6.64. The first-order valence-electron chi connectivity index (χ1n) is 8.38. The van der Waals surface area contributed by atoms with Crippen LogP contribution in [0.2, 0.25) is 0 Å². The summed E-state index contributed by atoms with van der Waals surface area (Å²) < 4.78 is 0. The minimum absolute atomic E-state index is 0.391. The van der Waals surface area contributed by atoms with Crippen LogP contribution >= 0.6 is 0 Å². The molecular weight excluding hydrogens is 318 g/mol. The zero-order chi connectivity index (χ0) is 18.0. The van der Waals surface area contributed by atoms with Gasteiger partial charge < -0.3 is 10.0 Å². The summed E-state index contributed by atoms with van der Waals surface area (Å²) in [6.45, 7) is 4.56. The smallest absolute Gasteiger partial charge is 0.351 e. The van der Waals surface area contributed by atoms with E-state index in [9.17, 15) is 14.7 Å². The summed E-state index contributed by atoms with van der Waals surface area (Å²) in [5.74, 6) is -1.23. The molecule has 2 aliphatic rings. The number of rotatable bonds is 4. The van der Waals surface area contributed by atoms with Gasteiger partial charge in [0, 0.05) is 18.8 Å². The predicted molar refractivity (Wildman–Crippen MR) is 96.4 cm³/mol. The summed E-state index contributed by atoms with van der Waals surface area (Å²) in [5.41, 5.74) is -1.23. The van der Waals surface area contributed by atoms with Crippen LogP contribution in [-0.2, 0) is 4.79 Å². The number of hydrogen-bond acceptors (Lipinski definition) is 3. The molecule has 2 atom stereocenters. The SMILES string of the molecule is CCN(CC)C(=O)[C@@]1(O)[C@@H]2C=CC=CC2=NC(=O)N1c1ccccc1. The number of fused-ring (bicyclic) bond motifs is 1. The van der Waals surface area contributed by atoms with E-state index in [2.05, 4.69) is 4.99 Å². The number of anilines is 1. The summed E-state index contributed by atoms with van der Waals surface area (Å²) in [4.78, 5) is 32.7. The van der Waals surface area contributed by atoms with Crippen molar-refractivity contribution in [2.45, 2.75) is 19.6 Å². The third-order valence-electron chi connectivity index (χ3n) is 4.57. The van der Waals surface area contributed by atoms with Gasteiger partial charge in [0.05, 0.1) is 11.6 Å². The molecule has 1 N–H and O–H groups in total. The van der Waals surface area contributed by atoms with E-state index >= 15 is 0 Å². The van der Waals surface area contributed by atoms with Gasteiger partial charge in [-0.05, 0) is 32.1 Å². The van der Waals surface area contributed by atoms with Crippen molar-refractivity contribution in [3.8, 4) is 0 Å². The Kier molecular flexibility index (Phi) is 4.55. The van der Waals surface area contributed by atoms with Crippen molar-refractivity contribution in [1.29, 1.82) is 0 Å². The number of urea groups is 1. The van der Waals surface area contributed by atoms with Crippen LogP contribution in [0.25, 0.3) is 0 Å². The number of carbonyl (C=O) groups is 2. The van der Waals surface area contributed by atoms with Gasteiger partial charge in [-0.15, -0.1) is 0 Å². The lowest BCUT2D eigenvalue weighted by molar-refractivity contribution is -0.152. The molecule has 1 aromatic carbocycles. The van der Waals surface area contributed by atoms with Gasteiger partial charge in [-0.1, -0.05) is 36.4 Å². The Morgan fingerprint density at radius 3 is 2.56 bits per heavy atom. The lowest BCUT2D eigenvalue weighted by Crippen LogP contribution is -2.68. The number of carbonyl (C=O) groups excluding carboxylic acids is 2. The molecule has 6 nitrogen and oxygen atoms in total. The first-order valence-corrected chi connectivity index (χ1v) is 8.38. The van der Waals surface area contributed by atoms with Crippen LogP contribution in [0.5, 0.6) is 0 Å². The molecule has 0 unspecified atom stereocenters. The highest BCUT2D eigenvalue weighted by atomic mass is 16.3. The van der Waals surface area contributed by atoms with Crippen LogP contribution in [0.15, 0.2) is 59.6 Å². The van der Waals surface area contributed by atoms with Gasteiger partial charge in [0.25, 0.3) is 5.91 Å². The van der Waals surface area contributed by atoms with Gasteiger partial charge in [-0.2, -0.15) is 4.99 Å². The average Bonchev–Trinajstić information content (AvgIpc) is 2.63. The molecule has 0 saturated carbocycles. The van der Waals surface area contributed by atoms with E-state index in [4.69, 9.17) is 0 Å². The highest BCUT2D eigenvalue weighted by molar-refractivity contribution is 6.17. The highest BCUT2D eigenvalue weighted by Crippen LogP contribution is 2.37. The number of aliphatic hydroxyl groups is 1. The maximum atomic E-state index is 13.2. The summed E-state index contributed by atoms with van der Waals surface area (Å²) in [6, 6.07) is 8.02. The Labute approximate surface area is 146 Å². The molecular formula is C19H21N3O3. The maximum absolute atomic E-state index is 13.2. The fourth-order valence-corrected chi connectivity index (χ4v) is 3.28. The van der Waals surface area contributed by atoms with E-state index in [-0.39, 0.29) is 0 Å². The first-order chi connectivity index (χ1) is 12.0. The van der Waals surface area contributed by atoms with Gasteiger partial charge >= 0.3 is 6.03 Å². The van der Waals surface area contributed by atoms with Crippen LogP contribution in [0.4, 0.5) is 10.5 Å². The molecule has 0 aromatic heterocycles. The van der Waals surface area contributed by atoms with Crippen molar-refractivity contribution in [3.63, 3.8) is 0 Å². The highest BCUT2D eigenvalue weighted by Gasteiger charge is 2.56. The van der Waals surface area contributed by atoms with Crippen LogP contribution in [0.3, 0.4) is 0 Å². The molecule has 25 heavy (non-hydrogen) atoms. The Morgan fingerprint density at radius 1 is 1.24 bits per heavy atom. The van der Waals surface area contributed by atoms with Crippen LogP contribution in [-0.4, -0.2) is 46.5 Å². The monoisotopic (exact) mass is 339 g/mol. The first kappa shape index (κ1) is 17.1. The van der Waals surface area contributed by atoms with E-state index in [1.165, 1.54) is 4.90 Å². The normalized spacial score (nSPS) is 24.8. The molecule has 0 radical (unpaired) electrons. The molecule has 3 amide bonds. The molecule has 1 aliphatic heterocycles. The number of benzene rings is 1. The largest absolute Gasteiger partial charge is 0.362 e. The molecule has 1 aromatic rings. The van der Waals surface area contributed by atoms with Crippen molar-refractivity contribution in [1.82, 2.24) is 4.90 Å².